The fraction of sp³-hybridized carbons (Fsp3) is 0.833. The molecule has 0 aromatic carbocycles. The smallest absolute Gasteiger partial charge is 0.320 e. The zero-order valence-corrected chi connectivity index (χ0v) is 5.59. The van der Waals surface area contributed by atoms with Crippen LogP contribution in [0.25, 0.3) is 1.43 Å². The average molecular weight is 132 g/mol. The first-order chi connectivity index (χ1) is 4.72. The number of hydrogen-bond acceptors (Lipinski definition) is 3. The summed E-state index contributed by atoms with van der Waals surface area (Å²) in [6, 6.07) is -0.613. The van der Waals surface area contributed by atoms with Crippen LogP contribution in [0.4, 0.5) is 0 Å². The summed E-state index contributed by atoms with van der Waals surface area (Å²) < 4.78 is 6.25. The summed E-state index contributed by atoms with van der Waals surface area (Å²) in [5.41, 5.74) is 5.32. The first kappa shape index (κ1) is 6.55. The molecule has 0 bridgehead atoms. The van der Waals surface area contributed by atoms with Crippen LogP contribution in [-0.2, 0) is 4.79 Å². The van der Waals surface area contributed by atoms with E-state index in [-0.39, 0.29) is 0 Å². The third-order valence-electron chi connectivity index (χ3n) is 1.17. The van der Waals surface area contributed by atoms with Crippen molar-refractivity contribution in [1.29, 1.82) is 1.43 Å². The molecule has 3 heteroatoms. The monoisotopic (exact) mass is 132 g/mol. The van der Waals surface area contributed by atoms with Gasteiger partial charge in [-0.05, 0) is 6.42 Å². The van der Waals surface area contributed by atoms with Gasteiger partial charge in [0.2, 0.25) is 0 Å². The van der Waals surface area contributed by atoms with Crippen molar-refractivity contribution in [2.45, 2.75) is 32.2 Å². The molecule has 0 spiro atoms. The van der Waals surface area contributed by atoms with Gasteiger partial charge >= 0.3 is 5.97 Å². The predicted octanol–water partition coefficient (Wildman–Crippen LogP) is 0.588. The van der Waals surface area contributed by atoms with Gasteiger partial charge in [0.15, 0.2) is 0 Å². The van der Waals surface area contributed by atoms with Crippen molar-refractivity contribution in [1.82, 2.24) is 0 Å². The van der Waals surface area contributed by atoms with Gasteiger partial charge < -0.3 is 10.8 Å². The van der Waals surface area contributed by atoms with Crippen LogP contribution in [0.2, 0.25) is 0 Å². The molecule has 54 valence electrons. The molecule has 1 unspecified atom stereocenters. The molecule has 0 aromatic rings. The van der Waals surface area contributed by atoms with Crippen LogP contribution in [0, 0.1) is 0 Å². The second-order valence-corrected chi connectivity index (χ2v) is 2.07. The van der Waals surface area contributed by atoms with E-state index in [1.165, 1.54) is 0 Å². The number of nitrogens with two attached hydrogens (primary N) is 1. The fourth-order valence-corrected chi connectivity index (χ4v) is 0.542. The quantitative estimate of drug-likeness (QED) is 0.588. The maximum Gasteiger partial charge on any atom is 0.320 e. The summed E-state index contributed by atoms with van der Waals surface area (Å²) in [7, 11) is 0. The molecule has 0 aliphatic heterocycles. The van der Waals surface area contributed by atoms with Crippen LogP contribution in [-0.4, -0.2) is 17.1 Å². The van der Waals surface area contributed by atoms with Gasteiger partial charge in [-0.3, -0.25) is 4.79 Å². The van der Waals surface area contributed by atoms with Gasteiger partial charge in [0.1, 0.15) is 6.04 Å². The Morgan fingerprint density at radius 1 is 2.00 bits per heavy atom. The van der Waals surface area contributed by atoms with Crippen LogP contribution < -0.4 is 5.73 Å². The van der Waals surface area contributed by atoms with E-state index in [0.29, 0.717) is 6.42 Å². The molecule has 0 rings (SSSR count). The summed E-state index contributed by atoms with van der Waals surface area (Å²) in [5.74, 6) is -0.645. The largest absolute Gasteiger partial charge is 0.480 e. The molecule has 0 aromatic heterocycles. The first-order valence-corrected chi connectivity index (χ1v) is 3.15. The summed E-state index contributed by atoms with van der Waals surface area (Å²) >= 11 is 0. The Morgan fingerprint density at radius 3 is 3.11 bits per heavy atom. The lowest BCUT2D eigenvalue weighted by molar-refractivity contribution is -0.138. The maximum absolute atomic E-state index is 10.5. The van der Waals surface area contributed by atoms with Gasteiger partial charge in [-0.25, -0.2) is 0 Å². The lowest BCUT2D eigenvalue weighted by Gasteiger charge is -2.02. The number of unbranched alkanes of at least 4 members (excludes halogenated alkanes) is 1. The van der Waals surface area contributed by atoms with Crippen molar-refractivity contribution in [3.05, 3.63) is 0 Å². The third-order valence-corrected chi connectivity index (χ3v) is 1.17. The average Bonchev–Trinajstić information content (AvgIpc) is 1.98. The van der Waals surface area contributed by atoms with Gasteiger partial charge in [0, 0.05) is 0 Å². The highest BCUT2D eigenvalue weighted by Crippen LogP contribution is 1.96. The normalized spacial score (nSPS) is 14.2. The second-order valence-electron chi connectivity index (χ2n) is 2.07. The molecule has 0 saturated carbocycles. The molecular weight excluding hydrogens is 118 g/mol. The molecule has 0 saturated heterocycles. The van der Waals surface area contributed by atoms with Crippen molar-refractivity contribution in [3.63, 3.8) is 0 Å². The van der Waals surface area contributed by atoms with Crippen LogP contribution in [0.5, 0.6) is 0 Å². The fourth-order valence-electron chi connectivity index (χ4n) is 0.542. The van der Waals surface area contributed by atoms with Gasteiger partial charge in [0.25, 0.3) is 1.43 Å². The van der Waals surface area contributed by atoms with Gasteiger partial charge in [0.05, 0.1) is 0 Å². The minimum absolute atomic E-state index is 0.605. The van der Waals surface area contributed by atoms with Crippen LogP contribution in [0.1, 0.15) is 26.2 Å². The summed E-state index contributed by atoms with van der Waals surface area (Å²) in [4.78, 5) is 10.5. The van der Waals surface area contributed by atoms with Crippen molar-refractivity contribution in [2.75, 3.05) is 0 Å². The van der Waals surface area contributed by atoms with Crippen LogP contribution in [0.15, 0.2) is 0 Å². The first-order valence-electron chi connectivity index (χ1n) is 3.55. The highest BCUT2D eigenvalue weighted by atomic mass is 16.4. The highest BCUT2D eigenvalue weighted by molar-refractivity contribution is 5.72. The van der Waals surface area contributed by atoms with E-state index in [2.05, 4.69) is 5.11 Å². The van der Waals surface area contributed by atoms with E-state index in [1.54, 1.807) is 0 Å². The summed E-state index contributed by atoms with van der Waals surface area (Å²) in [6.45, 7) is 2.01. The number of carboxylic acid groups (broad SMARTS) is 1. The topological polar surface area (TPSA) is 63.3 Å². The van der Waals surface area contributed by atoms with Crippen LogP contribution in [0.3, 0.4) is 0 Å². The Balaban J connectivity index is 3.41. The number of aliphatic carboxylic acids is 1. The molecule has 0 aliphatic rings. The van der Waals surface area contributed by atoms with Gasteiger partial charge in [-0.1, -0.05) is 19.8 Å². The highest BCUT2D eigenvalue weighted by Gasteiger charge is 2.08. The second kappa shape index (κ2) is 4.32. The van der Waals surface area contributed by atoms with E-state index in [0.717, 1.165) is 12.8 Å². The van der Waals surface area contributed by atoms with Gasteiger partial charge in [-0.2, -0.15) is 0 Å². The zero-order valence-electron chi connectivity index (χ0n) is 6.59. The van der Waals surface area contributed by atoms with Gasteiger partial charge in [-0.15, -0.1) is 0 Å². The molecule has 0 amide bonds. The molecule has 3 nitrogen and oxygen atoms in total. The zero-order chi connectivity index (χ0) is 7.98. The van der Waals surface area contributed by atoms with Crippen LogP contribution >= 0.6 is 0 Å². The van der Waals surface area contributed by atoms with E-state index in [4.69, 9.17) is 7.16 Å². The third kappa shape index (κ3) is 3.97. The molecule has 9 heavy (non-hydrogen) atoms. The summed E-state index contributed by atoms with van der Waals surface area (Å²) in [6.07, 6.45) is 2.50. The maximum atomic E-state index is 10.5. The summed E-state index contributed by atoms with van der Waals surface area (Å²) in [5, 5.41) is 3.70. The van der Waals surface area contributed by atoms with E-state index < -0.39 is 12.0 Å². The Bertz CT molecular complexity index is 108. The Kier molecular flexibility index (Phi) is 3.15. The van der Waals surface area contributed by atoms with E-state index >= 15 is 0 Å². The molecular formula is C6H13NO2. The minimum Gasteiger partial charge on any atom is -0.480 e. The molecule has 0 heterocycles. The van der Waals surface area contributed by atoms with E-state index in [9.17, 15) is 4.79 Å². The Labute approximate surface area is 56.4 Å². The number of carbonyl (C=O) groups is 1. The molecule has 1 atom stereocenters. The Morgan fingerprint density at radius 2 is 2.67 bits per heavy atom. The molecule has 0 radical (unpaired) electrons. The number of carboxylic acids is 1. The van der Waals surface area contributed by atoms with Crippen molar-refractivity contribution in [3.8, 4) is 0 Å². The number of hydrogen-bond donors (Lipinski definition) is 2. The molecule has 3 N–H and O–H groups in total. The van der Waals surface area contributed by atoms with Crippen molar-refractivity contribution >= 4 is 5.97 Å². The molecule has 0 fully saturated rings. The standard InChI is InChI=1S/C6H13NO2/c1-2-3-4-5(7)6(8)9/h5H,2-4,7H2,1H3,(H,8,9)/i/hD. The predicted molar refractivity (Wildman–Crippen MR) is 35.1 cm³/mol. The number of rotatable bonds is 4. The lowest BCUT2D eigenvalue weighted by atomic mass is 10.1. The molecule has 0 aliphatic carbocycles. The lowest BCUT2D eigenvalue weighted by Crippen LogP contribution is -2.29. The Hall–Kier alpha value is -0.570. The van der Waals surface area contributed by atoms with Crippen molar-refractivity contribution < 1.29 is 9.90 Å². The van der Waals surface area contributed by atoms with Crippen molar-refractivity contribution in [2.24, 2.45) is 5.73 Å². The minimum atomic E-state index is -0.645. The SMILES string of the molecule is [2H]OC(=O)C(N)CCCC. The van der Waals surface area contributed by atoms with E-state index in [1.807, 2.05) is 6.92 Å².